The van der Waals surface area contributed by atoms with Gasteiger partial charge in [0.1, 0.15) is 0 Å². The number of Topliss-reactive ketones (excluding diaryl/α,β-unsaturated/α-hetero) is 1. The van der Waals surface area contributed by atoms with E-state index in [0.717, 1.165) is 30.0 Å². The Kier molecular flexibility index (Phi) is 4.45. The van der Waals surface area contributed by atoms with Gasteiger partial charge in [0.05, 0.1) is 6.54 Å². The van der Waals surface area contributed by atoms with E-state index in [4.69, 9.17) is 0 Å². The number of carbonyl (C=O) groups is 1. The van der Waals surface area contributed by atoms with Crippen molar-refractivity contribution in [3.63, 3.8) is 0 Å². The number of aryl methyl sites for hydroxylation is 2. The van der Waals surface area contributed by atoms with E-state index in [1.807, 2.05) is 19.9 Å². The Labute approximate surface area is 127 Å². The van der Waals surface area contributed by atoms with Crippen LogP contribution < -0.4 is 0 Å². The number of nitrogens with one attached hydrogen (secondary N) is 1. The summed E-state index contributed by atoms with van der Waals surface area (Å²) in [6, 6.07) is 2.66. The summed E-state index contributed by atoms with van der Waals surface area (Å²) in [7, 11) is 0. The van der Waals surface area contributed by atoms with Gasteiger partial charge in [-0.2, -0.15) is 0 Å². The summed E-state index contributed by atoms with van der Waals surface area (Å²) >= 11 is 0. The van der Waals surface area contributed by atoms with E-state index >= 15 is 0 Å². The zero-order chi connectivity index (χ0) is 14.8. The normalized spacial score (nSPS) is 24.6. The van der Waals surface area contributed by atoms with Crippen LogP contribution in [0.15, 0.2) is 6.07 Å². The third-order valence-corrected chi connectivity index (χ3v) is 4.95. The number of rotatable bonds is 4. The van der Waals surface area contributed by atoms with E-state index in [1.165, 1.54) is 38.8 Å². The first-order valence-corrected chi connectivity index (χ1v) is 8.29. The summed E-state index contributed by atoms with van der Waals surface area (Å²) in [6.45, 7) is 9.21. The molecule has 0 saturated carbocycles. The lowest BCUT2D eigenvalue weighted by Gasteiger charge is -2.37. The monoisotopic (exact) mass is 289 g/mol. The van der Waals surface area contributed by atoms with E-state index in [-0.39, 0.29) is 5.78 Å². The maximum atomic E-state index is 12.5. The molecule has 2 saturated heterocycles. The van der Waals surface area contributed by atoms with E-state index in [2.05, 4.69) is 14.8 Å². The van der Waals surface area contributed by atoms with Crippen molar-refractivity contribution in [3.8, 4) is 0 Å². The Bertz CT molecular complexity index is 502. The van der Waals surface area contributed by atoms with Crippen molar-refractivity contribution in [1.82, 2.24) is 14.8 Å². The van der Waals surface area contributed by atoms with Crippen LogP contribution in [-0.2, 0) is 0 Å². The molecule has 0 unspecified atom stereocenters. The van der Waals surface area contributed by atoms with Crippen LogP contribution in [0, 0.1) is 13.8 Å². The van der Waals surface area contributed by atoms with Gasteiger partial charge in [0, 0.05) is 29.5 Å². The first-order valence-electron chi connectivity index (χ1n) is 8.29. The highest BCUT2D eigenvalue weighted by Crippen LogP contribution is 2.21. The number of H-pyrrole nitrogens is 1. The smallest absolute Gasteiger partial charge is 0.178 e. The van der Waals surface area contributed by atoms with Crippen molar-refractivity contribution >= 4 is 5.78 Å². The summed E-state index contributed by atoms with van der Waals surface area (Å²) in [5.41, 5.74) is 2.95. The highest BCUT2D eigenvalue weighted by Gasteiger charge is 2.28. The van der Waals surface area contributed by atoms with Gasteiger partial charge in [-0.25, -0.2) is 0 Å². The topological polar surface area (TPSA) is 39.3 Å². The molecule has 2 fully saturated rings. The number of aromatic nitrogens is 1. The molecule has 0 aliphatic carbocycles. The largest absolute Gasteiger partial charge is 0.362 e. The van der Waals surface area contributed by atoms with Crippen molar-refractivity contribution in [2.75, 3.05) is 32.7 Å². The number of likely N-dealkylation sites (tertiary alicyclic amines) is 2. The van der Waals surface area contributed by atoms with Crippen LogP contribution in [0.3, 0.4) is 0 Å². The lowest BCUT2D eigenvalue weighted by molar-refractivity contribution is 0.0822. The van der Waals surface area contributed by atoms with E-state index in [1.54, 1.807) is 0 Å². The first kappa shape index (κ1) is 14.8. The van der Waals surface area contributed by atoms with Gasteiger partial charge in [-0.1, -0.05) is 0 Å². The standard InChI is InChI=1S/C17H27N3O/c1-13-10-16(14(2)18-13)17(21)12-19-7-5-6-15(11-19)20-8-3-4-9-20/h10,15,18H,3-9,11-12H2,1-2H3/t15-/m1/s1. The van der Waals surface area contributed by atoms with Crippen LogP contribution in [0.1, 0.15) is 47.4 Å². The fourth-order valence-electron chi connectivity index (χ4n) is 3.88. The number of aromatic amines is 1. The van der Waals surface area contributed by atoms with Gasteiger partial charge < -0.3 is 4.98 Å². The molecule has 0 spiro atoms. The van der Waals surface area contributed by atoms with Gasteiger partial charge >= 0.3 is 0 Å². The van der Waals surface area contributed by atoms with Crippen LogP contribution in [0.2, 0.25) is 0 Å². The lowest BCUT2D eigenvalue weighted by Crippen LogP contribution is -2.48. The summed E-state index contributed by atoms with van der Waals surface area (Å²) < 4.78 is 0. The Morgan fingerprint density at radius 2 is 2.00 bits per heavy atom. The van der Waals surface area contributed by atoms with Crippen LogP contribution in [0.4, 0.5) is 0 Å². The van der Waals surface area contributed by atoms with Crippen molar-refractivity contribution in [2.45, 2.75) is 45.6 Å². The third-order valence-electron chi connectivity index (χ3n) is 4.95. The zero-order valence-electron chi connectivity index (χ0n) is 13.3. The molecule has 3 heterocycles. The van der Waals surface area contributed by atoms with Crippen molar-refractivity contribution in [2.24, 2.45) is 0 Å². The van der Waals surface area contributed by atoms with Gasteiger partial charge in [-0.05, 0) is 65.2 Å². The van der Waals surface area contributed by atoms with Gasteiger partial charge in [-0.15, -0.1) is 0 Å². The Hall–Kier alpha value is -1.13. The third kappa shape index (κ3) is 3.38. The molecule has 0 bridgehead atoms. The van der Waals surface area contributed by atoms with Crippen LogP contribution >= 0.6 is 0 Å². The molecule has 4 nitrogen and oxygen atoms in total. The fraction of sp³-hybridized carbons (Fsp3) is 0.706. The van der Waals surface area contributed by atoms with Gasteiger partial charge in [0.25, 0.3) is 0 Å². The lowest BCUT2D eigenvalue weighted by atomic mass is 10.0. The quantitative estimate of drug-likeness (QED) is 0.865. The maximum Gasteiger partial charge on any atom is 0.178 e. The van der Waals surface area contributed by atoms with Crippen LogP contribution in [-0.4, -0.2) is 59.3 Å². The molecule has 116 valence electrons. The Morgan fingerprint density at radius 3 is 2.67 bits per heavy atom. The molecule has 0 amide bonds. The van der Waals surface area contributed by atoms with Crippen molar-refractivity contribution in [3.05, 3.63) is 23.0 Å². The molecule has 1 N–H and O–H groups in total. The van der Waals surface area contributed by atoms with E-state index < -0.39 is 0 Å². The molecule has 2 aliphatic heterocycles. The molecule has 0 radical (unpaired) electrons. The van der Waals surface area contributed by atoms with Gasteiger partial charge in [0.2, 0.25) is 0 Å². The number of carbonyl (C=O) groups excluding carboxylic acids is 1. The molecule has 0 aromatic carbocycles. The minimum absolute atomic E-state index is 0.263. The molecule has 2 aliphatic rings. The summed E-state index contributed by atoms with van der Waals surface area (Å²) in [4.78, 5) is 20.7. The summed E-state index contributed by atoms with van der Waals surface area (Å²) in [6.07, 6.45) is 5.21. The molecular formula is C17H27N3O. The zero-order valence-corrected chi connectivity index (χ0v) is 13.3. The van der Waals surface area contributed by atoms with E-state index in [0.29, 0.717) is 12.6 Å². The maximum absolute atomic E-state index is 12.5. The molecule has 3 rings (SSSR count). The minimum atomic E-state index is 0.263. The fourth-order valence-corrected chi connectivity index (χ4v) is 3.88. The SMILES string of the molecule is Cc1cc(C(=O)CN2CCC[C@@H](N3CCCC3)C2)c(C)[nH]1. The average molecular weight is 289 g/mol. The molecule has 1 aromatic rings. The van der Waals surface area contributed by atoms with Gasteiger partial charge in [0.15, 0.2) is 5.78 Å². The molecule has 21 heavy (non-hydrogen) atoms. The Morgan fingerprint density at radius 1 is 1.24 bits per heavy atom. The van der Waals surface area contributed by atoms with Crippen molar-refractivity contribution < 1.29 is 4.79 Å². The molecule has 4 heteroatoms. The predicted molar refractivity (Wildman–Crippen MR) is 84.9 cm³/mol. The number of hydrogen-bond acceptors (Lipinski definition) is 3. The molecular weight excluding hydrogens is 262 g/mol. The minimum Gasteiger partial charge on any atom is -0.362 e. The second-order valence-electron chi connectivity index (χ2n) is 6.69. The second-order valence-corrected chi connectivity index (χ2v) is 6.69. The Balaban J connectivity index is 1.59. The average Bonchev–Trinajstić information content (AvgIpc) is 3.08. The number of piperidine rings is 1. The summed E-state index contributed by atoms with van der Waals surface area (Å²) in [5.74, 6) is 0.263. The van der Waals surface area contributed by atoms with Crippen LogP contribution in [0.5, 0.6) is 0 Å². The van der Waals surface area contributed by atoms with E-state index in [9.17, 15) is 4.79 Å². The molecule has 1 atom stereocenters. The predicted octanol–water partition coefficient (Wildman–Crippen LogP) is 2.37. The molecule has 1 aromatic heterocycles. The number of nitrogens with zero attached hydrogens (tertiary/aromatic N) is 2. The van der Waals surface area contributed by atoms with Crippen molar-refractivity contribution in [1.29, 1.82) is 0 Å². The first-order chi connectivity index (χ1) is 10.1. The number of hydrogen-bond donors (Lipinski definition) is 1. The highest BCUT2D eigenvalue weighted by molar-refractivity contribution is 5.98. The second kappa shape index (κ2) is 6.32. The summed E-state index contributed by atoms with van der Waals surface area (Å²) in [5, 5.41) is 0. The van der Waals surface area contributed by atoms with Crippen LogP contribution in [0.25, 0.3) is 0 Å². The number of ketones is 1. The van der Waals surface area contributed by atoms with Gasteiger partial charge in [-0.3, -0.25) is 14.6 Å². The highest BCUT2D eigenvalue weighted by atomic mass is 16.1.